The zero-order chi connectivity index (χ0) is 9.97. The van der Waals surface area contributed by atoms with Gasteiger partial charge in [-0.2, -0.15) is 13.8 Å². The molecule has 2 rings (SSSR count). The van der Waals surface area contributed by atoms with E-state index in [9.17, 15) is 0 Å². The molecule has 5 nitrogen and oxygen atoms in total. The summed E-state index contributed by atoms with van der Waals surface area (Å²) in [4.78, 5) is 0. The largest absolute Gasteiger partial charge is 0.364 e. The third-order valence-electron chi connectivity index (χ3n) is 1.94. The Bertz CT molecular complexity index is 405. The third-order valence-corrected chi connectivity index (χ3v) is 2.41. The summed E-state index contributed by atoms with van der Waals surface area (Å²) < 4.78 is 9.78. The molecule has 14 heavy (non-hydrogen) atoms. The molecule has 0 amide bonds. The summed E-state index contributed by atoms with van der Waals surface area (Å²) in [6, 6.07) is 0. The molecule has 2 heterocycles. The van der Waals surface area contributed by atoms with Gasteiger partial charge in [-0.05, 0) is 6.92 Å². The van der Waals surface area contributed by atoms with Crippen LogP contribution in [0.15, 0.2) is 12.4 Å². The maximum absolute atomic E-state index is 4.25. The van der Waals surface area contributed by atoms with Crippen LogP contribution in [0.3, 0.4) is 0 Å². The highest BCUT2D eigenvalue weighted by Crippen LogP contribution is 2.08. The molecule has 1 N–H and O–H groups in total. The average Bonchev–Trinajstić information content (AvgIpc) is 2.72. The highest BCUT2D eigenvalue weighted by Gasteiger charge is 2.02. The van der Waals surface area contributed by atoms with E-state index in [0.29, 0.717) is 0 Å². The molecule has 74 valence electrons. The highest BCUT2D eigenvalue weighted by atomic mass is 32.1. The van der Waals surface area contributed by atoms with Gasteiger partial charge in [-0.15, -0.1) is 0 Å². The Morgan fingerprint density at radius 3 is 3.00 bits per heavy atom. The molecule has 0 bridgehead atoms. The second-order valence-electron chi connectivity index (χ2n) is 3.06. The van der Waals surface area contributed by atoms with Gasteiger partial charge < -0.3 is 5.32 Å². The van der Waals surface area contributed by atoms with E-state index in [4.69, 9.17) is 0 Å². The van der Waals surface area contributed by atoms with Crippen LogP contribution in [-0.4, -0.2) is 18.5 Å². The number of hydrogen-bond donors (Lipinski definition) is 1. The molecule has 0 fully saturated rings. The van der Waals surface area contributed by atoms with Crippen molar-refractivity contribution in [2.24, 2.45) is 7.05 Å². The van der Waals surface area contributed by atoms with Crippen LogP contribution >= 0.6 is 11.7 Å². The first-order chi connectivity index (χ1) is 6.75. The number of anilines is 1. The van der Waals surface area contributed by atoms with Gasteiger partial charge in [-0.1, -0.05) is 0 Å². The predicted molar refractivity (Wildman–Crippen MR) is 55.2 cm³/mol. The normalized spacial score (nSPS) is 10.4. The van der Waals surface area contributed by atoms with E-state index in [1.165, 1.54) is 17.3 Å². The van der Waals surface area contributed by atoms with Crippen LogP contribution in [0.4, 0.5) is 5.82 Å². The lowest BCUT2D eigenvalue weighted by Crippen LogP contribution is -1.99. The zero-order valence-electron chi connectivity index (χ0n) is 8.06. The predicted octanol–water partition coefficient (Wildman–Crippen LogP) is 1.19. The second kappa shape index (κ2) is 3.75. The quantitative estimate of drug-likeness (QED) is 0.825. The third kappa shape index (κ3) is 1.90. The van der Waals surface area contributed by atoms with Gasteiger partial charge >= 0.3 is 0 Å². The Labute approximate surface area is 86.1 Å². The Kier molecular flexibility index (Phi) is 2.45. The van der Waals surface area contributed by atoms with Crippen LogP contribution in [0.2, 0.25) is 0 Å². The van der Waals surface area contributed by atoms with Crippen molar-refractivity contribution in [1.29, 1.82) is 0 Å². The molecule has 0 atom stereocenters. The van der Waals surface area contributed by atoms with E-state index < -0.39 is 0 Å². The molecular formula is C8H11N5S. The molecule has 2 aromatic rings. The Hall–Kier alpha value is -1.43. The molecule has 0 aromatic carbocycles. The van der Waals surface area contributed by atoms with Gasteiger partial charge in [-0.3, -0.25) is 4.68 Å². The fourth-order valence-electron chi connectivity index (χ4n) is 1.25. The molecule has 2 aromatic heterocycles. The van der Waals surface area contributed by atoms with Crippen LogP contribution in [0, 0.1) is 6.92 Å². The average molecular weight is 209 g/mol. The van der Waals surface area contributed by atoms with Crippen molar-refractivity contribution in [3.63, 3.8) is 0 Å². The van der Waals surface area contributed by atoms with Gasteiger partial charge in [0.1, 0.15) is 0 Å². The maximum atomic E-state index is 4.25. The van der Waals surface area contributed by atoms with E-state index in [1.807, 2.05) is 24.9 Å². The smallest absolute Gasteiger partial charge is 0.160 e. The van der Waals surface area contributed by atoms with Gasteiger partial charge in [0.05, 0.1) is 23.6 Å². The van der Waals surface area contributed by atoms with Crippen molar-refractivity contribution >= 4 is 17.5 Å². The van der Waals surface area contributed by atoms with Crippen molar-refractivity contribution in [3.05, 3.63) is 23.7 Å². The van der Waals surface area contributed by atoms with Crippen molar-refractivity contribution < 1.29 is 0 Å². The van der Waals surface area contributed by atoms with Crippen LogP contribution in [0.5, 0.6) is 0 Å². The van der Waals surface area contributed by atoms with E-state index >= 15 is 0 Å². The van der Waals surface area contributed by atoms with E-state index in [0.717, 1.165) is 18.1 Å². The van der Waals surface area contributed by atoms with Crippen molar-refractivity contribution in [1.82, 2.24) is 18.5 Å². The van der Waals surface area contributed by atoms with Gasteiger partial charge in [0.15, 0.2) is 5.82 Å². The van der Waals surface area contributed by atoms with Gasteiger partial charge in [0.25, 0.3) is 0 Å². The summed E-state index contributed by atoms with van der Waals surface area (Å²) in [7, 11) is 1.92. The summed E-state index contributed by atoms with van der Waals surface area (Å²) in [6.07, 6.45) is 3.72. The Balaban J connectivity index is 2.01. The molecule has 0 saturated carbocycles. The second-order valence-corrected chi connectivity index (χ2v) is 3.62. The van der Waals surface area contributed by atoms with E-state index in [1.54, 1.807) is 6.20 Å². The SMILES string of the molecule is Cc1nn(C)cc1CNc1cnsn1. The van der Waals surface area contributed by atoms with Gasteiger partial charge in [-0.25, -0.2) is 0 Å². The Morgan fingerprint density at radius 2 is 2.43 bits per heavy atom. The minimum atomic E-state index is 0.741. The number of rotatable bonds is 3. The molecular weight excluding hydrogens is 198 g/mol. The van der Waals surface area contributed by atoms with Gasteiger partial charge in [0, 0.05) is 25.4 Å². The standard InChI is InChI=1S/C8H11N5S/c1-6-7(5-13(2)11-6)3-9-8-4-10-14-12-8/h4-5H,3H2,1-2H3,(H,9,12). The fourth-order valence-corrected chi connectivity index (χ4v) is 1.64. The summed E-state index contributed by atoms with van der Waals surface area (Å²) in [5.74, 6) is 0.818. The fraction of sp³-hybridized carbons (Fsp3) is 0.375. The summed E-state index contributed by atoms with van der Waals surface area (Å²) in [6.45, 7) is 2.74. The summed E-state index contributed by atoms with van der Waals surface area (Å²) >= 11 is 1.20. The summed E-state index contributed by atoms with van der Waals surface area (Å²) in [5, 5.41) is 7.43. The number of nitrogens with zero attached hydrogens (tertiary/aromatic N) is 4. The van der Waals surface area contributed by atoms with Crippen molar-refractivity contribution in [2.75, 3.05) is 5.32 Å². The maximum Gasteiger partial charge on any atom is 0.160 e. The number of aromatic nitrogens is 4. The van der Waals surface area contributed by atoms with Crippen LogP contribution < -0.4 is 5.32 Å². The van der Waals surface area contributed by atoms with Crippen molar-refractivity contribution in [2.45, 2.75) is 13.5 Å². The zero-order valence-corrected chi connectivity index (χ0v) is 8.88. The first-order valence-corrected chi connectivity index (χ1v) is 4.99. The van der Waals surface area contributed by atoms with E-state index in [2.05, 4.69) is 19.2 Å². The van der Waals surface area contributed by atoms with Crippen LogP contribution in [0.1, 0.15) is 11.3 Å². The van der Waals surface area contributed by atoms with Crippen LogP contribution in [-0.2, 0) is 13.6 Å². The van der Waals surface area contributed by atoms with Crippen molar-refractivity contribution in [3.8, 4) is 0 Å². The lowest BCUT2D eigenvalue weighted by atomic mass is 10.3. The first-order valence-electron chi connectivity index (χ1n) is 4.26. The molecule has 0 saturated heterocycles. The lowest BCUT2D eigenvalue weighted by Gasteiger charge is -1.99. The monoisotopic (exact) mass is 209 g/mol. The van der Waals surface area contributed by atoms with Crippen LogP contribution in [0.25, 0.3) is 0 Å². The molecule has 0 spiro atoms. The van der Waals surface area contributed by atoms with E-state index in [-0.39, 0.29) is 0 Å². The topological polar surface area (TPSA) is 55.6 Å². The highest BCUT2D eigenvalue weighted by molar-refractivity contribution is 6.99. The number of aryl methyl sites for hydroxylation is 2. The summed E-state index contributed by atoms with van der Waals surface area (Å²) in [5.41, 5.74) is 2.23. The molecule has 0 unspecified atom stereocenters. The molecule has 0 aliphatic carbocycles. The first kappa shape index (κ1) is 9.14. The molecule has 0 radical (unpaired) electrons. The molecule has 6 heteroatoms. The number of hydrogen-bond acceptors (Lipinski definition) is 5. The minimum absolute atomic E-state index is 0.741. The molecule has 0 aliphatic heterocycles. The minimum Gasteiger partial charge on any atom is -0.364 e. The Morgan fingerprint density at radius 1 is 1.57 bits per heavy atom. The molecule has 0 aliphatic rings. The number of nitrogens with one attached hydrogen (secondary N) is 1. The lowest BCUT2D eigenvalue weighted by molar-refractivity contribution is 0.756. The van der Waals surface area contributed by atoms with Gasteiger partial charge in [0.2, 0.25) is 0 Å².